The molecule has 4 atom stereocenters. The fourth-order valence-corrected chi connectivity index (χ4v) is 9.36. The minimum atomic E-state index is -5.32. The number of aliphatic hydroxyl groups excluding tert-OH is 4. The summed E-state index contributed by atoms with van der Waals surface area (Å²) in [5.74, 6) is -1.15. The number of anilines is 10. The summed E-state index contributed by atoms with van der Waals surface area (Å²) in [6.07, 6.45) is -1.70. The van der Waals surface area contributed by atoms with Crippen LogP contribution in [0.3, 0.4) is 0 Å². The van der Waals surface area contributed by atoms with E-state index in [0.29, 0.717) is 0 Å². The average molecular weight is 1220 g/mol. The van der Waals surface area contributed by atoms with Gasteiger partial charge in [0.15, 0.2) is 0 Å². The fraction of sp³-hybridized carbons (Fsp3) is 0.273. The molecule has 0 radical (unpaired) electrons. The topological polar surface area (TPSA) is 442 Å². The van der Waals surface area contributed by atoms with E-state index in [1.807, 2.05) is 0 Å². The number of hydrogen-bond donors (Lipinski definition) is 8. The van der Waals surface area contributed by atoms with Crippen LogP contribution in [-0.2, 0) is 40.5 Å². The summed E-state index contributed by atoms with van der Waals surface area (Å²) < 4.78 is 145. The summed E-state index contributed by atoms with van der Waals surface area (Å²) in [7, 11) is -20.2. The molecule has 0 aliphatic rings. The van der Waals surface area contributed by atoms with Crippen LogP contribution in [0.15, 0.2) is 105 Å². The molecule has 8 N–H and O–H groups in total. The molecule has 4 aromatic carbocycles. The van der Waals surface area contributed by atoms with Crippen molar-refractivity contribution in [2.75, 3.05) is 57.2 Å². The molecule has 0 fully saturated rings. The summed E-state index contributed by atoms with van der Waals surface area (Å²) >= 11 is 0. The van der Waals surface area contributed by atoms with E-state index in [1.165, 1.54) is 86.0 Å². The Morgan fingerprint density at radius 3 is 0.900 bits per heavy atom. The molecule has 4 unspecified atom stereocenters. The van der Waals surface area contributed by atoms with E-state index in [2.05, 4.69) is 51.2 Å². The van der Waals surface area contributed by atoms with E-state index in [0.717, 1.165) is 48.6 Å². The number of rotatable bonds is 24. The molecule has 80 heavy (non-hydrogen) atoms. The SMILES string of the molecule is CC(O)CN(CC(C)O)c1nc(Nc2ccc(S(=O)(=O)[O-])cc2)nc(Nc2ccc(/C=C/c3ccc(Nc4nc(Nc5ccc(S(=O)(=O)[O-])cc5)nc(N(CC(C)O)CC(C)O)n4)cc3S(=O)(=O)[O-])c(S(=O)(=O)[O-])c2)n1.[Na+].[Na+].[Na+].[Na+]. The predicted octanol–water partition coefficient (Wildman–Crippen LogP) is -10.0. The van der Waals surface area contributed by atoms with Gasteiger partial charge in [0.1, 0.15) is 40.5 Å². The van der Waals surface area contributed by atoms with Crippen molar-refractivity contribution in [2.24, 2.45) is 0 Å². The predicted molar refractivity (Wildman–Crippen MR) is 270 cm³/mol. The van der Waals surface area contributed by atoms with E-state index in [-0.39, 0.29) is 214 Å². The van der Waals surface area contributed by atoms with Crippen molar-refractivity contribution >= 4 is 111 Å². The molecule has 0 bridgehead atoms. The summed E-state index contributed by atoms with van der Waals surface area (Å²) in [5.41, 5.74) is -0.274. The van der Waals surface area contributed by atoms with Crippen molar-refractivity contribution in [3.63, 3.8) is 0 Å². The van der Waals surface area contributed by atoms with Gasteiger partial charge in [-0.25, -0.2) is 33.7 Å². The molecular formula is C44H48N12Na4O16S4. The monoisotopic (exact) mass is 1220 g/mol. The van der Waals surface area contributed by atoms with E-state index in [9.17, 15) is 72.3 Å². The zero-order valence-corrected chi connectivity index (χ0v) is 55.5. The molecule has 36 heteroatoms. The zero-order chi connectivity index (χ0) is 55.9. The van der Waals surface area contributed by atoms with Crippen LogP contribution in [0.5, 0.6) is 0 Å². The van der Waals surface area contributed by atoms with Crippen molar-refractivity contribution in [2.45, 2.75) is 71.7 Å². The van der Waals surface area contributed by atoms with Crippen LogP contribution in [0.4, 0.5) is 58.4 Å². The first-order valence-electron chi connectivity index (χ1n) is 22.2. The quantitative estimate of drug-likeness (QED) is 0.0158. The van der Waals surface area contributed by atoms with Crippen molar-refractivity contribution < 1.29 is 191 Å². The standard InChI is InChI=1S/C44H52N12O16S4.4Na/c1-25(57)21-55(22-26(2)58)43-51-39(45-31-11-15-35(16-12-31)73(61,62)63)49-41(53-43)47-33-9-7-29(37(19-33)75(67,68)69)5-6-30-8-10-34(20-38(30)76(70,71)72)48-42-50-40(46-32-13-17-36(18-14-32)74(64,65)66)52-44(54-42)56(23-27(3)59)24-28(4)60;;;;/h5-20,25-28,57-60H,21-24H2,1-4H3,(H,61,62,63)(H,64,65,66)(H,67,68,69)(H,70,71,72)(H2,45,47,49,51,53)(H2,46,48,50,52,54);;;;/q;4*+1/p-4/b6-5+;;;;. The Kier molecular flexibility index (Phi) is 28.5. The fourth-order valence-electron chi connectivity index (χ4n) is 7.03. The smallest absolute Gasteiger partial charge is 0.744 e. The van der Waals surface area contributed by atoms with Gasteiger partial charge < -0.3 is 69.7 Å². The van der Waals surface area contributed by atoms with Crippen LogP contribution < -0.4 is 149 Å². The van der Waals surface area contributed by atoms with Crippen molar-refractivity contribution in [3.05, 3.63) is 96.1 Å². The number of aliphatic hydroxyl groups is 4. The van der Waals surface area contributed by atoms with Crippen LogP contribution in [0.2, 0.25) is 0 Å². The van der Waals surface area contributed by atoms with Gasteiger partial charge in [0.05, 0.1) is 44.0 Å². The Balaban J connectivity index is 0.00000547. The van der Waals surface area contributed by atoms with Crippen LogP contribution in [-0.4, -0.2) is 153 Å². The molecule has 28 nitrogen and oxygen atoms in total. The second kappa shape index (κ2) is 31.2. The third kappa shape index (κ3) is 22.2. The van der Waals surface area contributed by atoms with Crippen LogP contribution >= 0.6 is 0 Å². The molecule has 0 saturated carbocycles. The van der Waals surface area contributed by atoms with Gasteiger partial charge in [0.25, 0.3) is 0 Å². The average Bonchev–Trinajstić information content (AvgIpc) is 3.29. The Bertz CT molecular complexity index is 3310. The van der Waals surface area contributed by atoms with E-state index in [4.69, 9.17) is 0 Å². The number of aromatic nitrogens is 6. The zero-order valence-electron chi connectivity index (χ0n) is 44.3. The first-order chi connectivity index (χ1) is 35.4. The second-order valence-electron chi connectivity index (χ2n) is 17.0. The van der Waals surface area contributed by atoms with Gasteiger partial charge in [0.2, 0.25) is 35.7 Å². The van der Waals surface area contributed by atoms with Gasteiger partial charge in [-0.15, -0.1) is 0 Å². The van der Waals surface area contributed by atoms with Gasteiger partial charge in [-0.05, 0) is 112 Å². The Hall–Kier alpha value is -3.08. The number of nitrogens with one attached hydrogen (secondary N) is 4. The van der Waals surface area contributed by atoms with Gasteiger partial charge in [-0.2, -0.15) is 29.9 Å². The second-order valence-corrected chi connectivity index (χ2v) is 22.4. The molecule has 0 saturated heterocycles. The van der Waals surface area contributed by atoms with Gasteiger partial charge >= 0.3 is 118 Å². The molecule has 6 rings (SSSR count). The van der Waals surface area contributed by atoms with Crippen LogP contribution in [0, 0.1) is 0 Å². The maximum absolute atomic E-state index is 12.7. The van der Waals surface area contributed by atoms with E-state index in [1.54, 1.807) is 0 Å². The van der Waals surface area contributed by atoms with E-state index >= 15 is 0 Å². The first-order valence-corrected chi connectivity index (χ1v) is 27.8. The van der Waals surface area contributed by atoms with Gasteiger partial charge in [-0.1, -0.05) is 24.3 Å². The molecule has 0 aliphatic carbocycles. The maximum Gasteiger partial charge on any atom is 1.00 e. The molecule has 6 aromatic rings. The Morgan fingerprint density at radius 1 is 0.412 bits per heavy atom. The first kappa shape index (κ1) is 73.0. The molecular weight excluding hydrogens is 1170 g/mol. The summed E-state index contributed by atoms with van der Waals surface area (Å²) in [5, 5.41) is 52.1. The number of hydrogen-bond acceptors (Lipinski definition) is 28. The minimum absolute atomic E-state index is 0. The molecule has 0 aliphatic heterocycles. The van der Waals surface area contributed by atoms with Crippen molar-refractivity contribution in [1.29, 1.82) is 0 Å². The Labute approximate surface area is 550 Å². The number of benzene rings is 4. The van der Waals surface area contributed by atoms with Crippen LogP contribution in [0.1, 0.15) is 38.8 Å². The molecule has 0 amide bonds. The number of nitrogens with zero attached hydrogens (tertiary/aromatic N) is 8. The summed E-state index contributed by atoms with van der Waals surface area (Å²) in [4.78, 5) is 26.1. The van der Waals surface area contributed by atoms with Gasteiger partial charge in [-0.3, -0.25) is 0 Å². The Morgan fingerprint density at radius 2 is 0.662 bits per heavy atom. The van der Waals surface area contributed by atoms with Gasteiger partial charge in [0, 0.05) is 48.9 Å². The van der Waals surface area contributed by atoms with Crippen molar-refractivity contribution in [1.82, 2.24) is 29.9 Å². The largest absolute Gasteiger partial charge is 1.00 e. The molecule has 408 valence electrons. The third-order valence-electron chi connectivity index (χ3n) is 10.1. The van der Waals surface area contributed by atoms with E-state index < -0.39 is 84.5 Å². The maximum atomic E-state index is 12.7. The molecule has 0 spiro atoms. The summed E-state index contributed by atoms with van der Waals surface area (Å²) in [6.45, 7) is 5.53. The van der Waals surface area contributed by atoms with Crippen LogP contribution in [0.25, 0.3) is 12.2 Å². The molecule has 2 aromatic heterocycles. The molecule has 2 heterocycles. The normalized spacial score (nSPS) is 13.2. The third-order valence-corrected chi connectivity index (χ3v) is 13.6. The minimum Gasteiger partial charge on any atom is -0.744 e. The van der Waals surface area contributed by atoms with Crippen molar-refractivity contribution in [3.8, 4) is 0 Å². The summed E-state index contributed by atoms with van der Waals surface area (Å²) in [6, 6.07) is 16.0.